The zero-order valence-electron chi connectivity index (χ0n) is 18.4. The van der Waals surface area contributed by atoms with E-state index in [1.165, 1.54) is 12.1 Å². The molecular weight excluding hydrogens is 444 g/mol. The number of anilines is 1. The highest BCUT2D eigenvalue weighted by Crippen LogP contribution is 2.30. The molecule has 0 aliphatic rings. The van der Waals surface area contributed by atoms with Crippen molar-refractivity contribution in [2.45, 2.75) is 37.6 Å². The van der Waals surface area contributed by atoms with E-state index < -0.39 is 21.5 Å². The highest BCUT2D eigenvalue weighted by molar-refractivity contribution is 7.92. The third kappa shape index (κ3) is 5.69. The molecule has 0 fully saturated rings. The molecule has 1 amide bonds. The molecule has 3 rings (SSSR count). The van der Waals surface area contributed by atoms with Crippen LogP contribution in [-0.2, 0) is 21.2 Å². The molecule has 0 unspecified atom stereocenters. The van der Waals surface area contributed by atoms with Crippen LogP contribution in [0.3, 0.4) is 0 Å². The van der Waals surface area contributed by atoms with Gasteiger partial charge in [0.15, 0.2) is 0 Å². The lowest BCUT2D eigenvalue weighted by atomic mass is 9.95. The highest BCUT2D eigenvalue weighted by Gasteiger charge is 2.30. The number of carbonyl (C=O) groups is 1. The van der Waals surface area contributed by atoms with E-state index in [2.05, 4.69) is 5.32 Å². The van der Waals surface area contributed by atoms with Crippen molar-refractivity contribution in [1.29, 1.82) is 0 Å². The largest absolute Gasteiger partial charge is 0.349 e. The number of nitrogens with one attached hydrogen (secondary N) is 1. The summed E-state index contributed by atoms with van der Waals surface area (Å²) in [6.45, 7) is 5.20. The topological polar surface area (TPSA) is 66.5 Å². The van der Waals surface area contributed by atoms with Gasteiger partial charge < -0.3 is 5.32 Å². The lowest BCUT2D eigenvalue weighted by molar-refractivity contribution is -0.121. The summed E-state index contributed by atoms with van der Waals surface area (Å²) >= 11 is 6.27. The number of hydrogen-bond acceptors (Lipinski definition) is 3. The van der Waals surface area contributed by atoms with E-state index in [1.807, 2.05) is 44.2 Å². The van der Waals surface area contributed by atoms with Gasteiger partial charge in [-0.25, -0.2) is 8.42 Å². The van der Waals surface area contributed by atoms with E-state index in [9.17, 15) is 13.2 Å². The predicted molar refractivity (Wildman–Crippen MR) is 130 cm³/mol. The van der Waals surface area contributed by atoms with E-state index >= 15 is 0 Å². The number of halogens is 1. The Balaban J connectivity index is 1.90. The van der Waals surface area contributed by atoms with Crippen LogP contribution in [0.5, 0.6) is 0 Å². The van der Waals surface area contributed by atoms with E-state index in [0.29, 0.717) is 22.7 Å². The van der Waals surface area contributed by atoms with Gasteiger partial charge in [-0.2, -0.15) is 0 Å². The Labute approximate surface area is 195 Å². The predicted octanol–water partition coefficient (Wildman–Crippen LogP) is 4.98. The summed E-state index contributed by atoms with van der Waals surface area (Å²) in [5.74, 6) is -0.398. The third-order valence-electron chi connectivity index (χ3n) is 5.09. The number of amides is 1. The lowest BCUT2D eigenvalue weighted by Gasteiger charge is -2.30. The van der Waals surface area contributed by atoms with Crippen molar-refractivity contribution in [3.8, 4) is 0 Å². The van der Waals surface area contributed by atoms with Gasteiger partial charge in [-0.3, -0.25) is 9.10 Å². The Hall–Kier alpha value is -2.83. The average molecular weight is 471 g/mol. The van der Waals surface area contributed by atoms with Crippen LogP contribution in [0, 0.1) is 6.92 Å². The summed E-state index contributed by atoms with van der Waals surface area (Å²) in [5.41, 5.74) is 1.48. The molecule has 0 aromatic heterocycles. The molecule has 1 N–H and O–H groups in total. The molecule has 3 aromatic carbocycles. The molecular formula is C25H27ClN2O3S. The maximum Gasteiger partial charge on any atom is 0.264 e. The third-order valence-corrected chi connectivity index (χ3v) is 7.28. The van der Waals surface area contributed by atoms with Crippen LogP contribution in [0.15, 0.2) is 83.8 Å². The number of carbonyl (C=O) groups excluding carboxylic acids is 1. The van der Waals surface area contributed by atoms with Gasteiger partial charge >= 0.3 is 0 Å². The number of hydrogen-bond donors (Lipinski definition) is 1. The Morgan fingerprint density at radius 1 is 0.938 bits per heavy atom. The molecule has 3 aromatic rings. The molecule has 0 spiro atoms. The van der Waals surface area contributed by atoms with Crippen LogP contribution in [0.1, 0.15) is 25.0 Å². The summed E-state index contributed by atoms with van der Waals surface area (Å²) in [4.78, 5) is 13.2. The second-order valence-electron chi connectivity index (χ2n) is 8.30. The van der Waals surface area contributed by atoms with E-state index in [1.54, 1.807) is 43.3 Å². The maximum absolute atomic E-state index is 13.5. The summed E-state index contributed by atoms with van der Waals surface area (Å²) in [6.07, 6.45) is 0.612. The van der Waals surface area contributed by atoms with Crippen molar-refractivity contribution in [2.75, 3.05) is 10.8 Å². The summed E-state index contributed by atoms with van der Waals surface area (Å²) in [7, 11) is -3.99. The summed E-state index contributed by atoms with van der Waals surface area (Å²) in [5, 5.41) is 3.42. The van der Waals surface area contributed by atoms with Crippen molar-refractivity contribution >= 4 is 33.2 Å². The molecule has 5 nitrogen and oxygen atoms in total. The van der Waals surface area contributed by atoms with Crippen molar-refractivity contribution in [2.24, 2.45) is 0 Å². The van der Waals surface area contributed by atoms with Crippen LogP contribution >= 0.6 is 11.6 Å². The van der Waals surface area contributed by atoms with Crippen LogP contribution in [0.2, 0.25) is 5.02 Å². The first-order chi connectivity index (χ1) is 15.1. The zero-order chi connectivity index (χ0) is 23.4. The van der Waals surface area contributed by atoms with Gasteiger partial charge in [0.05, 0.1) is 10.6 Å². The smallest absolute Gasteiger partial charge is 0.264 e. The number of benzene rings is 3. The normalized spacial score (nSPS) is 11.8. The Kier molecular flexibility index (Phi) is 7.26. The van der Waals surface area contributed by atoms with Crippen LogP contribution in [0.4, 0.5) is 5.69 Å². The number of sulfonamides is 1. The Morgan fingerprint density at radius 2 is 1.53 bits per heavy atom. The number of nitrogens with zero attached hydrogens (tertiary/aromatic N) is 1. The highest BCUT2D eigenvalue weighted by atomic mass is 35.5. The quantitative estimate of drug-likeness (QED) is 0.504. The fourth-order valence-corrected chi connectivity index (χ4v) is 5.25. The monoisotopic (exact) mass is 470 g/mol. The van der Waals surface area contributed by atoms with Crippen LogP contribution in [-0.4, -0.2) is 26.4 Å². The standard InChI is InChI=1S/C25H27ClN2O3S/c1-19-22(26)15-10-16-23(19)28(32(30,31)21-13-8-5-9-14-21)18-24(29)27-25(2,3)17-20-11-6-4-7-12-20/h4-16H,17-18H2,1-3H3,(H,27,29). The first kappa shape index (κ1) is 23.8. The Morgan fingerprint density at radius 3 is 2.16 bits per heavy atom. The summed E-state index contributed by atoms with van der Waals surface area (Å²) in [6, 6.07) is 22.9. The number of rotatable bonds is 8. The SMILES string of the molecule is Cc1c(Cl)cccc1N(CC(=O)NC(C)(C)Cc1ccccc1)S(=O)(=O)c1ccccc1. The average Bonchev–Trinajstić information content (AvgIpc) is 2.75. The van der Waals surface area contributed by atoms with E-state index in [-0.39, 0.29) is 11.4 Å². The maximum atomic E-state index is 13.5. The minimum atomic E-state index is -3.99. The molecule has 0 heterocycles. The second-order valence-corrected chi connectivity index (χ2v) is 10.6. The molecule has 0 saturated carbocycles. The molecule has 32 heavy (non-hydrogen) atoms. The zero-order valence-corrected chi connectivity index (χ0v) is 20.0. The molecule has 168 valence electrons. The van der Waals surface area contributed by atoms with Crippen molar-refractivity contribution in [3.63, 3.8) is 0 Å². The van der Waals surface area contributed by atoms with Gasteiger partial charge in [-0.05, 0) is 62.6 Å². The molecule has 0 saturated heterocycles. The molecule has 0 atom stereocenters. The first-order valence-corrected chi connectivity index (χ1v) is 12.1. The van der Waals surface area contributed by atoms with Gasteiger partial charge in [0.25, 0.3) is 10.0 Å². The fourth-order valence-electron chi connectivity index (χ4n) is 3.58. The van der Waals surface area contributed by atoms with Crippen molar-refractivity contribution in [3.05, 3.63) is 95.0 Å². The van der Waals surface area contributed by atoms with Gasteiger partial charge in [0.2, 0.25) is 5.91 Å². The van der Waals surface area contributed by atoms with Crippen molar-refractivity contribution < 1.29 is 13.2 Å². The van der Waals surface area contributed by atoms with Gasteiger partial charge in [0, 0.05) is 10.6 Å². The molecule has 7 heteroatoms. The fraction of sp³-hybridized carbons (Fsp3) is 0.240. The first-order valence-electron chi connectivity index (χ1n) is 10.3. The lowest BCUT2D eigenvalue weighted by Crippen LogP contribution is -2.50. The second kappa shape index (κ2) is 9.76. The molecule has 0 bridgehead atoms. The van der Waals surface area contributed by atoms with E-state index in [0.717, 1.165) is 9.87 Å². The minimum absolute atomic E-state index is 0.107. The van der Waals surface area contributed by atoms with Gasteiger partial charge in [-0.1, -0.05) is 66.2 Å². The van der Waals surface area contributed by atoms with Crippen LogP contribution < -0.4 is 9.62 Å². The molecule has 0 aliphatic carbocycles. The van der Waals surface area contributed by atoms with Crippen LogP contribution in [0.25, 0.3) is 0 Å². The van der Waals surface area contributed by atoms with E-state index in [4.69, 9.17) is 11.6 Å². The molecule has 0 aliphatic heterocycles. The Bertz CT molecular complexity index is 1180. The van der Waals surface area contributed by atoms with Crippen molar-refractivity contribution in [1.82, 2.24) is 5.32 Å². The molecule has 0 radical (unpaired) electrons. The van der Waals surface area contributed by atoms with Gasteiger partial charge in [0.1, 0.15) is 6.54 Å². The minimum Gasteiger partial charge on any atom is -0.349 e. The van der Waals surface area contributed by atoms with Gasteiger partial charge in [-0.15, -0.1) is 0 Å². The summed E-state index contributed by atoms with van der Waals surface area (Å²) < 4.78 is 28.1.